The van der Waals surface area contributed by atoms with E-state index in [1.165, 1.54) is 6.07 Å². The lowest BCUT2D eigenvalue weighted by atomic mass is 10.1. The molecule has 2 heterocycles. The van der Waals surface area contributed by atoms with Crippen LogP contribution < -0.4 is 10.9 Å². The lowest BCUT2D eigenvalue weighted by Crippen LogP contribution is -2.21. The van der Waals surface area contributed by atoms with Gasteiger partial charge in [0.15, 0.2) is 0 Å². The zero-order valence-corrected chi connectivity index (χ0v) is 14.6. The lowest BCUT2D eigenvalue weighted by molar-refractivity contribution is 0.469. The van der Waals surface area contributed by atoms with E-state index in [1.807, 2.05) is 19.1 Å². The molecule has 0 atom stereocenters. The van der Waals surface area contributed by atoms with Crippen LogP contribution in [-0.2, 0) is 19.5 Å². The number of anilines is 1. The van der Waals surface area contributed by atoms with E-state index >= 15 is 0 Å². The number of nitrogens with zero attached hydrogens (tertiary/aromatic N) is 2. The monoisotopic (exact) mass is 355 g/mol. The van der Waals surface area contributed by atoms with E-state index in [2.05, 4.69) is 10.3 Å². The minimum absolute atomic E-state index is 0.0230. The summed E-state index contributed by atoms with van der Waals surface area (Å²) in [6.07, 6.45) is 1.83. The average Bonchev–Trinajstić information content (AvgIpc) is 3.03. The van der Waals surface area contributed by atoms with Crippen molar-refractivity contribution in [3.63, 3.8) is 0 Å². The molecule has 0 saturated carbocycles. The number of aromatic nitrogens is 2. The molecule has 0 unspecified atom stereocenters. The first-order chi connectivity index (χ1) is 12.0. The fraction of sp³-hybridized carbons (Fsp3) is 0.263. The predicted octanol–water partition coefficient (Wildman–Crippen LogP) is 3.62. The van der Waals surface area contributed by atoms with Gasteiger partial charge in [0.25, 0.3) is 5.56 Å². The molecule has 0 spiro atoms. The van der Waals surface area contributed by atoms with Crippen molar-refractivity contribution in [1.29, 1.82) is 0 Å². The number of rotatable bonds is 3. The van der Waals surface area contributed by atoms with Crippen molar-refractivity contribution in [2.24, 2.45) is 0 Å². The second kappa shape index (κ2) is 6.08. The number of nitrogens with one attached hydrogen (secondary N) is 1. The maximum atomic E-state index is 12.7. The minimum atomic E-state index is 0.0230. The first-order valence-electron chi connectivity index (χ1n) is 8.28. The molecule has 1 aliphatic rings. The van der Waals surface area contributed by atoms with Gasteiger partial charge in [-0.15, -0.1) is 0 Å². The minimum Gasteiger partial charge on any atom is -0.508 e. The Morgan fingerprint density at radius 1 is 1.32 bits per heavy atom. The molecule has 0 aliphatic carbocycles. The van der Waals surface area contributed by atoms with Crippen molar-refractivity contribution in [2.45, 2.75) is 32.9 Å². The van der Waals surface area contributed by atoms with E-state index < -0.39 is 0 Å². The Labute approximate surface area is 149 Å². The van der Waals surface area contributed by atoms with Gasteiger partial charge in [-0.3, -0.25) is 9.36 Å². The van der Waals surface area contributed by atoms with Gasteiger partial charge < -0.3 is 10.4 Å². The normalized spacial score (nSPS) is 13.2. The zero-order valence-electron chi connectivity index (χ0n) is 13.8. The van der Waals surface area contributed by atoms with Crippen molar-refractivity contribution in [3.05, 3.63) is 62.7 Å². The van der Waals surface area contributed by atoms with Gasteiger partial charge in [-0.1, -0.05) is 17.7 Å². The maximum Gasteiger partial charge on any atom is 0.261 e. The number of phenols is 1. The smallest absolute Gasteiger partial charge is 0.261 e. The highest BCUT2D eigenvalue weighted by atomic mass is 35.5. The van der Waals surface area contributed by atoms with Crippen LogP contribution in [0.1, 0.15) is 23.4 Å². The molecule has 3 aromatic rings. The summed E-state index contributed by atoms with van der Waals surface area (Å²) in [6, 6.07) is 8.85. The number of hydrogen-bond donors (Lipinski definition) is 2. The van der Waals surface area contributed by atoms with Gasteiger partial charge in [-0.25, -0.2) is 4.98 Å². The Balaban J connectivity index is 1.70. The van der Waals surface area contributed by atoms with Crippen LogP contribution in [0.5, 0.6) is 5.75 Å². The van der Waals surface area contributed by atoms with Crippen LogP contribution in [0.25, 0.3) is 10.9 Å². The molecule has 128 valence electrons. The number of aromatic hydroxyl groups is 1. The van der Waals surface area contributed by atoms with Gasteiger partial charge in [0.2, 0.25) is 0 Å². The summed E-state index contributed by atoms with van der Waals surface area (Å²) in [5.41, 5.74) is 3.38. The fourth-order valence-electron chi connectivity index (χ4n) is 3.30. The standard InChI is InChI=1S/C19H18ClN3O2/c1-11-7-16-14(19(25)23-6-2-3-18(23)22-16)9-15(11)21-10-12-4-5-13(20)8-17(12)24/h4-5,7-9,21,24H,2-3,6,10H2,1H3. The molecule has 1 aliphatic heterocycles. The number of phenolic OH excluding ortho intramolecular Hbond substituents is 1. The number of aryl methyl sites for hydroxylation is 2. The third kappa shape index (κ3) is 2.85. The molecule has 4 rings (SSSR count). The Morgan fingerprint density at radius 2 is 2.16 bits per heavy atom. The molecule has 0 amide bonds. The summed E-state index contributed by atoms with van der Waals surface area (Å²) < 4.78 is 1.77. The molecule has 6 heteroatoms. The Hall–Kier alpha value is -2.53. The number of benzene rings is 2. The van der Waals surface area contributed by atoms with Gasteiger partial charge in [0.05, 0.1) is 10.9 Å². The molecular formula is C19H18ClN3O2. The van der Waals surface area contributed by atoms with Crippen molar-refractivity contribution in [3.8, 4) is 5.75 Å². The van der Waals surface area contributed by atoms with Crippen LogP contribution in [0, 0.1) is 6.92 Å². The molecule has 0 radical (unpaired) electrons. The van der Waals surface area contributed by atoms with E-state index in [-0.39, 0.29) is 11.3 Å². The van der Waals surface area contributed by atoms with Gasteiger partial charge in [-0.2, -0.15) is 0 Å². The van der Waals surface area contributed by atoms with Crippen molar-refractivity contribution >= 4 is 28.2 Å². The predicted molar refractivity (Wildman–Crippen MR) is 99.5 cm³/mol. The van der Waals surface area contributed by atoms with Crippen LogP contribution in [0.2, 0.25) is 5.02 Å². The van der Waals surface area contributed by atoms with Crippen molar-refractivity contribution in [1.82, 2.24) is 9.55 Å². The van der Waals surface area contributed by atoms with Crippen LogP contribution in [-0.4, -0.2) is 14.7 Å². The quantitative estimate of drug-likeness (QED) is 0.753. The Morgan fingerprint density at radius 3 is 2.96 bits per heavy atom. The molecule has 0 bridgehead atoms. The van der Waals surface area contributed by atoms with E-state index in [1.54, 1.807) is 16.7 Å². The molecular weight excluding hydrogens is 338 g/mol. The van der Waals surface area contributed by atoms with Crippen LogP contribution in [0.3, 0.4) is 0 Å². The first-order valence-corrected chi connectivity index (χ1v) is 8.66. The highest BCUT2D eigenvalue weighted by Gasteiger charge is 2.17. The fourth-order valence-corrected chi connectivity index (χ4v) is 3.47. The van der Waals surface area contributed by atoms with Crippen molar-refractivity contribution in [2.75, 3.05) is 5.32 Å². The molecule has 0 fully saturated rings. The van der Waals surface area contributed by atoms with Crippen LogP contribution >= 0.6 is 11.6 Å². The molecule has 2 aromatic carbocycles. The van der Waals surface area contributed by atoms with E-state index in [0.717, 1.165) is 47.5 Å². The second-order valence-electron chi connectivity index (χ2n) is 6.40. The molecule has 25 heavy (non-hydrogen) atoms. The first kappa shape index (κ1) is 16.0. The van der Waals surface area contributed by atoms with Crippen LogP contribution in [0.4, 0.5) is 5.69 Å². The highest BCUT2D eigenvalue weighted by Crippen LogP contribution is 2.26. The summed E-state index contributed by atoms with van der Waals surface area (Å²) in [5.74, 6) is 1.03. The summed E-state index contributed by atoms with van der Waals surface area (Å²) in [5, 5.41) is 14.4. The Kier molecular flexibility index (Phi) is 3.88. The lowest BCUT2D eigenvalue weighted by Gasteiger charge is -2.13. The maximum absolute atomic E-state index is 12.7. The SMILES string of the molecule is Cc1cc2nc3n(c(=O)c2cc1NCc1ccc(Cl)cc1O)CCC3. The van der Waals surface area contributed by atoms with Crippen LogP contribution in [0.15, 0.2) is 35.1 Å². The van der Waals surface area contributed by atoms with E-state index in [0.29, 0.717) is 17.0 Å². The summed E-state index contributed by atoms with van der Waals surface area (Å²) in [6.45, 7) is 3.16. The molecule has 1 aromatic heterocycles. The number of hydrogen-bond acceptors (Lipinski definition) is 4. The Bertz CT molecular complexity index is 1040. The number of halogens is 1. The largest absolute Gasteiger partial charge is 0.508 e. The highest BCUT2D eigenvalue weighted by molar-refractivity contribution is 6.30. The number of fused-ring (bicyclic) bond motifs is 2. The summed E-state index contributed by atoms with van der Waals surface area (Å²) >= 11 is 5.86. The third-order valence-electron chi connectivity index (χ3n) is 4.68. The van der Waals surface area contributed by atoms with Gasteiger partial charge in [0, 0.05) is 35.8 Å². The second-order valence-corrected chi connectivity index (χ2v) is 6.84. The molecule has 5 nitrogen and oxygen atoms in total. The van der Waals surface area contributed by atoms with Crippen molar-refractivity contribution < 1.29 is 5.11 Å². The van der Waals surface area contributed by atoms with Gasteiger partial charge in [-0.05, 0) is 43.2 Å². The molecule has 2 N–H and O–H groups in total. The third-order valence-corrected chi connectivity index (χ3v) is 4.91. The van der Waals surface area contributed by atoms with E-state index in [4.69, 9.17) is 11.6 Å². The summed E-state index contributed by atoms with van der Waals surface area (Å²) in [7, 11) is 0. The topological polar surface area (TPSA) is 67.2 Å². The molecule has 0 saturated heterocycles. The van der Waals surface area contributed by atoms with Gasteiger partial charge in [0.1, 0.15) is 11.6 Å². The summed E-state index contributed by atoms with van der Waals surface area (Å²) in [4.78, 5) is 17.3. The average molecular weight is 356 g/mol. The zero-order chi connectivity index (χ0) is 17.6. The van der Waals surface area contributed by atoms with E-state index in [9.17, 15) is 9.90 Å². The van der Waals surface area contributed by atoms with Gasteiger partial charge >= 0.3 is 0 Å².